The van der Waals surface area contributed by atoms with E-state index in [0.29, 0.717) is 19.0 Å². The van der Waals surface area contributed by atoms with Gasteiger partial charge in [-0.2, -0.15) is 5.10 Å². The van der Waals surface area contributed by atoms with Crippen molar-refractivity contribution in [3.8, 4) is 17.3 Å². The highest BCUT2D eigenvalue weighted by Crippen LogP contribution is 2.35. The molecule has 0 spiro atoms. The van der Waals surface area contributed by atoms with Crippen LogP contribution < -0.4 is 10.1 Å². The Hall–Kier alpha value is -3.39. The summed E-state index contributed by atoms with van der Waals surface area (Å²) in [6.45, 7) is 9.37. The molecule has 3 aromatic rings. The molecule has 0 radical (unpaired) electrons. The van der Waals surface area contributed by atoms with Crippen molar-refractivity contribution in [1.82, 2.24) is 20.0 Å². The Morgan fingerprint density at radius 3 is 2.53 bits per heavy atom. The standard InChI is InChI=1S/C28H35FN4O3/c1-19(2)26-23(18-32(28(34)30-20(3)4)17-22-13-10-16-35-22)27(36-25-15-9-8-14-24(25)29)33(31-26)21-11-6-5-7-12-21/h5-9,11-12,14-15,19-20,22H,10,13,16-18H2,1-4H3,(H,30,34). The first kappa shape index (κ1) is 25.7. The van der Waals surface area contributed by atoms with Crippen LogP contribution in [-0.4, -0.2) is 46.0 Å². The molecule has 8 heteroatoms. The van der Waals surface area contributed by atoms with Gasteiger partial charge in [0.1, 0.15) is 0 Å². The largest absolute Gasteiger partial charge is 0.435 e. The topological polar surface area (TPSA) is 68.6 Å². The van der Waals surface area contributed by atoms with Crippen LogP contribution in [0.1, 0.15) is 57.7 Å². The van der Waals surface area contributed by atoms with Crippen LogP contribution in [0.4, 0.5) is 9.18 Å². The highest BCUT2D eigenvalue weighted by molar-refractivity contribution is 5.74. The quantitative estimate of drug-likeness (QED) is 0.395. The minimum Gasteiger partial charge on any atom is -0.435 e. The average molecular weight is 495 g/mol. The first-order valence-electron chi connectivity index (χ1n) is 12.6. The molecule has 0 bridgehead atoms. The number of ether oxygens (including phenoxy) is 2. The SMILES string of the molecule is CC(C)NC(=O)N(Cc1c(C(C)C)nn(-c2ccccc2)c1Oc1ccccc1F)CC1CCCO1. The molecule has 1 aliphatic rings. The Kier molecular flexibility index (Phi) is 8.25. The summed E-state index contributed by atoms with van der Waals surface area (Å²) in [4.78, 5) is 15.0. The summed E-state index contributed by atoms with van der Waals surface area (Å²) in [5, 5.41) is 7.90. The molecule has 36 heavy (non-hydrogen) atoms. The maximum atomic E-state index is 14.7. The number of para-hydroxylation sites is 2. The van der Waals surface area contributed by atoms with Gasteiger partial charge >= 0.3 is 6.03 Å². The van der Waals surface area contributed by atoms with Crippen LogP contribution in [0.3, 0.4) is 0 Å². The Labute approximate surface area is 212 Å². The van der Waals surface area contributed by atoms with Crippen molar-refractivity contribution in [2.45, 2.75) is 65.1 Å². The molecular formula is C28H35FN4O3. The van der Waals surface area contributed by atoms with Gasteiger partial charge in [0.2, 0.25) is 5.88 Å². The van der Waals surface area contributed by atoms with Crippen LogP contribution in [0.2, 0.25) is 0 Å². The maximum absolute atomic E-state index is 14.7. The summed E-state index contributed by atoms with van der Waals surface area (Å²) in [6, 6.07) is 15.7. The molecule has 2 aromatic carbocycles. The van der Waals surface area contributed by atoms with Gasteiger partial charge in [-0.15, -0.1) is 0 Å². The number of rotatable bonds is 9. The van der Waals surface area contributed by atoms with E-state index in [1.54, 1.807) is 27.8 Å². The lowest BCUT2D eigenvalue weighted by molar-refractivity contribution is 0.0788. The zero-order valence-corrected chi connectivity index (χ0v) is 21.4. The second-order valence-corrected chi connectivity index (χ2v) is 9.72. The van der Waals surface area contributed by atoms with Gasteiger partial charge in [-0.3, -0.25) is 0 Å². The Balaban J connectivity index is 1.80. The highest BCUT2D eigenvalue weighted by Gasteiger charge is 2.29. The molecule has 1 saturated heterocycles. The highest BCUT2D eigenvalue weighted by atomic mass is 19.1. The second kappa shape index (κ2) is 11.6. The Morgan fingerprint density at radius 1 is 1.17 bits per heavy atom. The van der Waals surface area contributed by atoms with Crippen LogP contribution >= 0.6 is 0 Å². The average Bonchev–Trinajstić information content (AvgIpc) is 3.48. The summed E-state index contributed by atoms with van der Waals surface area (Å²) in [6.07, 6.45) is 1.87. The van der Waals surface area contributed by atoms with Gasteiger partial charge < -0.3 is 19.7 Å². The fraction of sp³-hybridized carbons (Fsp3) is 0.429. The molecule has 1 aromatic heterocycles. The van der Waals surface area contributed by atoms with E-state index in [1.165, 1.54) is 6.07 Å². The lowest BCUT2D eigenvalue weighted by Crippen LogP contribution is -2.45. The number of nitrogens with one attached hydrogen (secondary N) is 1. The predicted octanol–water partition coefficient (Wildman–Crippen LogP) is 6.03. The number of aromatic nitrogens is 2. The summed E-state index contributed by atoms with van der Waals surface area (Å²) >= 11 is 0. The molecule has 4 rings (SSSR count). The van der Waals surface area contributed by atoms with Crippen LogP contribution in [-0.2, 0) is 11.3 Å². The third kappa shape index (κ3) is 6.05. The third-order valence-electron chi connectivity index (χ3n) is 6.05. The molecule has 2 heterocycles. The van der Waals surface area contributed by atoms with Crippen LogP contribution in [0, 0.1) is 5.82 Å². The van der Waals surface area contributed by atoms with E-state index in [1.807, 2.05) is 58.0 Å². The summed E-state index contributed by atoms with van der Waals surface area (Å²) in [5.41, 5.74) is 2.32. The van der Waals surface area contributed by atoms with E-state index < -0.39 is 5.82 Å². The van der Waals surface area contributed by atoms with Gasteiger partial charge in [-0.05, 0) is 56.9 Å². The minimum absolute atomic E-state index is 0.0183. The zero-order chi connectivity index (χ0) is 25.7. The van der Waals surface area contributed by atoms with Crippen LogP contribution in [0.5, 0.6) is 11.6 Å². The van der Waals surface area contributed by atoms with E-state index in [-0.39, 0.29) is 36.4 Å². The van der Waals surface area contributed by atoms with Crippen molar-refractivity contribution in [2.75, 3.05) is 13.2 Å². The molecule has 7 nitrogen and oxygen atoms in total. The molecule has 1 fully saturated rings. The Morgan fingerprint density at radius 2 is 1.89 bits per heavy atom. The first-order chi connectivity index (χ1) is 17.3. The zero-order valence-electron chi connectivity index (χ0n) is 21.4. The third-order valence-corrected chi connectivity index (χ3v) is 6.05. The summed E-state index contributed by atoms with van der Waals surface area (Å²) in [7, 11) is 0. The van der Waals surface area contributed by atoms with E-state index in [4.69, 9.17) is 14.6 Å². The maximum Gasteiger partial charge on any atom is 0.317 e. The predicted molar refractivity (Wildman–Crippen MR) is 137 cm³/mol. The first-order valence-corrected chi connectivity index (χ1v) is 12.6. The van der Waals surface area contributed by atoms with Crippen molar-refractivity contribution < 1.29 is 18.7 Å². The van der Waals surface area contributed by atoms with E-state index >= 15 is 0 Å². The summed E-state index contributed by atoms with van der Waals surface area (Å²) in [5.74, 6) is 0.0722. The molecule has 2 amide bonds. The van der Waals surface area contributed by atoms with Gasteiger partial charge in [-0.1, -0.05) is 44.2 Å². The number of hydrogen-bond acceptors (Lipinski definition) is 4. The van der Waals surface area contributed by atoms with Crippen molar-refractivity contribution in [3.05, 3.63) is 71.7 Å². The lowest BCUT2D eigenvalue weighted by atomic mass is 10.1. The van der Waals surface area contributed by atoms with Crippen LogP contribution in [0.15, 0.2) is 54.6 Å². The number of carbonyl (C=O) groups excluding carboxylic acids is 1. The van der Waals surface area contributed by atoms with E-state index in [9.17, 15) is 9.18 Å². The molecule has 1 N–H and O–H groups in total. The fourth-order valence-electron chi connectivity index (χ4n) is 4.33. The molecule has 192 valence electrons. The fourth-order valence-corrected chi connectivity index (χ4v) is 4.33. The number of benzene rings is 2. The van der Waals surface area contributed by atoms with Gasteiger partial charge in [0.05, 0.1) is 29.6 Å². The summed E-state index contributed by atoms with van der Waals surface area (Å²) < 4.78 is 28.4. The molecule has 1 aliphatic heterocycles. The molecule has 1 atom stereocenters. The number of halogens is 1. The van der Waals surface area contributed by atoms with Crippen molar-refractivity contribution >= 4 is 6.03 Å². The molecule has 0 aliphatic carbocycles. The number of amides is 2. The molecular weight excluding hydrogens is 459 g/mol. The van der Waals surface area contributed by atoms with Crippen LogP contribution in [0.25, 0.3) is 5.69 Å². The van der Waals surface area contributed by atoms with E-state index in [2.05, 4.69) is 5.32 Å². The number of urea groups is 1. The Bertz CT molecular complexity index is 1160. The van der Waals surface area contributed by atoms with Gasteiger partial charge in [0, 0.05) is 19.2 Å². The molecule has 0 saturated carbocycles. The minimum atomic E-state index is -0.468. The lowest BCUT2D eigenvalue weighted by Gasteiger charge is -2.27. The van der Waals surface area contributed by atoms with Gasteiger partial charge in [0.15, 0.2) is 11.6 Å². The number of hydrogen-bond donors (Lipinski definition) is 1. The smallest absolute Gasteiger partial charge is 0.317 e. The second-order valence-electron chi connectivity index (χ2n) is 9.72. The van der Waals surface area contributed by atoms with E-state index in [0.717, 1.165) is 29.8 Å². The van der Waals surface area contributed by atoms with Crippen molar-refractivity contribution in [2.24, 2.45) is 0 Å². The van der Waals surface area contributed by atoms with Gasteiger partial charge in [-0.25, -0.2) is 13.9 Å². The molecule has 1 unspecified atom stereocenters. The number of nitrogens with zero attached hydrogens (tertiary/aromatic N) is 3. The monoisotopic (exact) mass is 494 g/mol. The van der Waals surface area contributed by atoms with Gasteiger partial charge in [0.25, 0.3) is 0 Å². The number of carbonyl (C=O) groups is 1. The normalized spacial score (nSPS) is 15.5. The van der Waals surface area contributed by atoms with Crippen molar-refractivity contribution in [1.29, 1.82) is 0 Å². The van der Waals surface area contributed by atoms with Crippen molar-refractivity contribution in [3.63, 3.8) is 0 Å².